The van der Waals surface area contributed by atoms with E-state index in [2.05, 4.69) is 9.97 Å². The molecule has 116 valence electrons. The molecule has 0 N–H and O–H groups in total. The summed E-state index contributed by atoms with van der Waals surface area (Å²) < 4.78 is 25.4. The lowest BCUT2D eigenvalue weighted by atomic mass is 10.1. The Morgan fingerprint density at radius 2 is 1.91 bits per heavy atom. The molecule has 0 radical (unpaired) electrons. The molecule has 1 aromatic carbocycles. The topological polar surface area (TPSA) is 63.2 Å². The minimum absolute atomic E-state index is 0.252. The lowest BCUT2D eigenvalue weighted by Crippen LogP contribution is -2.30. The molecule has 5 nitrogen and oxygen atoms in total. The predicted octanol–water partition coefficient (Wildman–Crippen LogP) is 2.55. The van der Waals surface area contributed by atoms with Gasteiger partial charge in [0.05, 0.1) is 18.0 Å². The zero-order valence-corrected chi connectivity index (χ0v) is 13.5. The van der Waals surface area contributed by atoms with Crippen molar-refractivity contribution in [2.24, 2.45) is 0 Å². The maximum atomic E-state index is 11.9. The van der Waals surface area contributed by atoms with Crippen molar-refractivity contribution < 1.29 is 8.42 Å². The molecule has 3 rings (SSSR count). The minimum Gasteiger partial charge on any atom is -0.236 e. The smallest absolute Gasteiger partial charge is 0.211 e. The van der Waals surface area contributed by atoms with Gasteiger partial charge in [0.1, 0.15) is 5.82 Å². The molecule has 22 heavy (non-hydrogen) atoms. The second kappa shape index (κ2) is 5.78. The molecule has 1 aromatic heterocycles. The van der Waals surface area contributed by atoms with Crippen LogP contribution < -0.4 is 0 Å². The molecule has 0 saturated carbocycles. The van der Waals surface area contributed by atoms with Crippen molar-refractivity contribution in [1.82, 2.24) is 14.3 Å². The number of benzene rings is 1. The third-order valence-corrected chi connectivity index (χ3v) is 5.16. The first kappa shape index (κ1) is 15.1. The molecular formula is C16H19N3O2S. The van der Waals surface area contributed by atoms with Gasteiger partial charge in [-0.25, -0.2) is 18.4 Å². The average Bonchev–Trinajstić information content (AvgIpc) is 2.97. The first-order chi connectivity index (χ1) is 10.4. The molecule has 1 unspecified atom stereocenters. The highest BCUT2D eigenvalue weighted by Gasteiger charge is 2.34. The molecule has 2 heterocycles. The number of sulfonamides is 1. The zero-order valence-electron chi connectivity index (χ0n) is 12.7. The van der Waals surface area contributed by atoms with Crippen LogP contribution in [0.25, 0.3) is 11.3 Å². The first-order valence-corrected chi connectivity index (χ1v) is 9.18. The molecule has 0 amide bonds. The Balaban J connectivity index is 2.03. The lowest BCUT2D eigenvalue weighted by molar-refractivity contribution is 0.386. The van der Waals surface area contributed by atoms with E-state index < -0.39 is 10.0 Å². The number of rotatable bonds is 3. The van der Waals surface area contributed by atoms with Gasteiger partial charge in [0.25, 0.3) is 0 Å². The molecule has 0 bridgehead atoms. The van der Waals surface area contributed by atoms with Crippen LogP contribution in [-0.4, -0.2) is 35.5 Å². The summed E-state index contributed by atoms with van der Waals surface area (Å²) in [7, 11) is -3.24. The van der Waals surface area contributed by atoms with Gasteiger partial charge >= 0.3 is 0 Å². The highest BCUT2D eigenvalue weighted by molar-refractivity contribution is 7.88. The standard InChI is InChI=1S/C16H19N3O2S/c1-12-11-14(13-7-4-3-5-8-13)18-16(17-12)15-9-6-10-19(15)22(2,20)21/h3-5,7-8,11,15H,6,9-10H2,1-2H3. The van der Waals surface area contributed by atoms with E-state index in [1.54, 1.807) is 0 Å². The Morgan fingerprint density at radius 3 is 2.59 bits per heavy atom. The van der Waals surface area contributed by atoms with Crippen LogP contribution in [0.3, 0.4) is 0 Å². The van der Waals surface area contributed by atoms with Gasteiger partial charge in [-0.15, -0.1) is 0 Å². The average molecular weight is 317 g/mol. The van der Waals surface area contributed by atoms with E-state index in [9.17, 15) is 8.42 Å². The van der Waals surface area contributed by atoms with Gasteiger partial charge in [0.15, 0.2) is 0 Å². The van der Waals surface area contributed by atoms with Crippen LogP contribution in [-0.2, 0) is 10.0 Å². The van der Waals surface area contributed by atoms with E-state index in [4.69, 9.17) is 0 Å². The summed E-state index contributed by atoms with van der Waals surface area (Å²) in [6.45, 7) is 2.46. The van der Waals surface area contributed by atoms with E-state index in [0.717, 1.165) is 29.8 Å². The van der Waals surface area contributed by atoms with Gasteiger partial charge in [-0.1, -0.05) is 30.3 Å². The molecule has 0 spiro atoms. The fourth-order valence-corrected chi connectivity index (χ4v) is 4.02. The van der Waals surface area contributed by atoms with Crippen LogP contribution in [0.1, 0.15) is 30.4 Å². The lowest BCUT2D eigenvalue weighted by Gasteiger charge is -2.21. The van der Waals surface area contributed by atoms with Crippen molar-refractivity contribution in [2.45, 2.75) is 25.8 Å². The quantitative estimate of drug-likeness (QED) is 0.873. The summed E-state index contributed by atoms with van der Waals surface area (Å²) in [6.07, 6.45) is 2.86. The van der Waals surface area contributed by atoms with Crippen molar-refractivity contribution in [3.05, 3.63) is 47.9 Å². The number of nitrogens with zero attached hydrogens (tertiary/aromatic N) is 3. The van der Waals surface area contributed by atoms with Crippen LogP contribution >= 0.6 is 0 Å². The number of aromatic nitrogens is 2. The highest BCUT2D eigenvalue weighted by atomic mass is 32.2. The van der Waals surface area contributed by atoms with Crippen molar-refractivity contribution in [1.29, 1.82) is 0 Å². The van der Waals surface area contributed by atoms with Crippen molar-refractivity contribution in [3.63, 3.8) is 0 Å². The maximum Gasteiger partial charge on any atom is 0.211 e. The largest absolute Gasteiger partial charge is 0.236 e. The van der Waals surface area contributed by atoms with E-state index in [-0.39, 0.29) is 6.04 Å². The van der Waals surface area contributed by atoms with Crippen molar-refractivity contribution in [3.8, 4) is 11.3 Å². The summed E-state index contributed by atoms with van der Waals surface area (Å²) in [6, 6.07) is 11.6. The molecule has 1 atom stereocenters. The molecule has 1 fully saturated rings. The SMILES string of the molecule is Cc1cc(-c2ccccc2)nc(C2CCCN2S(C)(=O)=O)n1. The van der Waals surface area contributed by atoms with Gasteiger partial charge in [-0.2, -0.15) is 4.31 Å². The molecule has 1 saturated heterocycles. The third kappa shape index (κ3) is 3.03. The van der Waals surface area contributed by atoms with Crippen LogP contribution in [0.2, 0.25) is 0 Å². The van der Waals surface area contributed by atoms with Crippen molar-refractivity contribution >= 4 is 10.0 Å². The molecule has 2 aromatic rings. The van der Waals surface area contributed by atoms with Crippen LogP contribution in [0, 0.1) is 6.92 Å². The monoisotopic (exact) mass is 317 g/mol. The normalized spacial score (nSPS) is 19.5. The summed E-state index contributed by atoms with van der Waals surface area (Å²) >= 11 is 0. The van der Waals surface area contributed by atoms with Gasteiger partial charge < -0.3 is 0 Å². The fraction of sp³-hybridized carbons (Fsp3) is 0.375. The Bertz CT molecular complexity index is 775. The second-order valence-corrected chi connectivity index (χ2v) is 7.59. The molecular weight excluding hydrogens is 298 g/mol. The first-order valence-electron chi connectivity index (χ1n) is 7.33. The minimum atomic E-state index is -3.24. The Kier molecular flexibility index (Phi) is 3.97. The van der Waals surface area contributed by atoms with Gasteiger partial charge in [-0.3, -0.25) is 0 Å². The number of hydrogen-bond donors (Lipinski definition) is 0. The Labute approximate surface area is 131 Å². The maximum absolute atomic E-state index is 11.9. The molecule has 1 aliphatic rings. The highest BCUT2D eigenvalue weighted by Crippen LogP contribution is 2.33. The van der Waals surface area contributed by atoms with E-state index >= 15 is 0 Å². The van der Waals surface area contributed by atoms with Crippen LogP contribution in [0.4, 0.5) is 0 Å². The summed E-state index contributed by atoms with van der Waals surface area (Å²) in [4.78, 5) is 9.12. The van der Waals surface area contributed by atoms with Gasteiger partial charge in [0, 0.05) is 17.8 Å². The van der Waals surface area contributed by atoms with Gasteiger partial charge in [-0.05, 0) is 25.8 Å². The molecule has 0 aliphatic carbocycles. The Hall–Kier alpha value is -1.79. The fourth-order valence-electron chi connectivity index (χ4n) is 2.89. The zero-order chi connectivity index (χ0) is 15.7. The molecule has 1 aliphatic heterocycles. The van der Waals surface area contributed by atoms with Gasteiger partial charge in [0.2, 0.25) is 10.0 Å². The number of aryl methyl sites for hydroxylation is 1. The van der Waals surface area contributed by atoms with E-state index in [1.807, 2.05) is 43.3 Å². The van der Waals surface area contributed by atoms with E-state index in [1.165, 1.54) is 10.6 Å². The summed E-state index contributed by atoms with van der Waals surface area (Å²) in [5.74, 6) is 0.599. The van der Waals surface area contributed by atoms with Crippen molar-refractivity contribution in [2.75, 3.05) is 12.8 Å². The summed E-state index contributed by atoms with van der Waals surface area (Å²) in [5.41, 5.74) is 2.70. The molecule has 6 heteroatoms. The third-order valence-electron chi connectivity index (χ3n) is 3.87. The predicted molar refractivity (Wildman–Crippen MR) is 85.7 cm³/mol. The van der Waals surface area contributed by atoms with Crippen LogP contribution in [0.15, 0.2) is 36.4 Å². The summed E-state index contributed by atoms with van der Waals surface area (Å²) in [5, 5.41) is 0. The van der Waals surface area contributed by atoms with E-state index in [0.29, 0.717) is 12.4 Å². The second-order valence-electron chi connectivity index (χ2n) is 5.65. The Morgan fingerprint density at radius 1 is 1.18 bits per heavy atom. The van der Waals surface area contributed by atoms with Crippen LogP contribution in [0.5, 0.6) is 0 Å². The number of hydrogen-bond acceptors (Lipinski definition) is 4.